The molecule has 0 amide bonds. The van der Waals surface area contributed by atoms with Crippen molar-refractivity contribution in [2.24, 2.45) is 0 Å². The molecular formula is C18H33NOS3. The standard InChI is InChI=1S/C18H33NOS3/c1-3-4-5-6-7-8-9-10-11-12-15-22-23-18(2,16-19)14-13-17(20)21/h3-15H2,1-2H3,(H,20,21). The molecule has 0 spiro atoms. The number of nitriles is 1. The fourth-order valence-electron chi connectivity index (χ4n) is 2.28. The SMILES string of the molecule is CCCCCCCCCCCCSSC(C)(C#N)CCC(=O)S. The van der Waals surface area contributed by atoms with Crippen LogP contribution in [0.1, 0.15) is 90.9 Å². The Bertz CT molecular complexity index is 344. The minimum absolute atomic E-state index is 0.133. The molecule has 2 nitrogen and oxygen atoms in total. The van der Waals surface area contributed by atoms with Gasteiger partial charge in [-0.05, 0) is 19.8 Å². The van der Waals surface area contributed by atoms with Gasteiger partial charge in [0.2, 0.25) is 0 Å². The first-order valence-corrected chi connectivity index (χ1v) is 11.7. The number of unbranched alkanes of at least 4 members (excludes halogenated alkanes) is 9. The van der Waals surface area contributed by atoms with Crippen LogP contribution in [0.4, 0.5) is 0 Å². The first-order chi connectivity index (χ1) is 11.0. The van der Waals surface area contributed by atoms with Gasteiger partial charge in [-0.15, -0.1) is 12.6 Å². The fraction of sp³-hybridized carbons (Fsp3) is 0.889. The van der Waals surface area contributed by atoms with Crippen molar-refractivity contribution in [2.75, 3.05) is 5.75 Å². The summed E-state index contributed by atoms with van der Waals surface area (Å²) in [5, 5.41) is 9.12. The first-order valence-electron chi connectivity index (χ1n) is 8.98. The molecule has 23 heavy (non-hydrogen) atoms. The van der Waals surface area contributed by atoms with Gasteiger partial charge in [0.15, 0.2) is 5.12 Å². The van der Waals surface area contributed by atoms with Crippen molar-refractivity contribution in [1.29, 1.82) is 5.26 Å². The largest absolute Gasteiger partial charge is 0.288 e. The van der Waals surface area contributed by atoms with Gasteiger partial charge in [0.05, 0.1) is 6.07 Å². The van der Waals surface area contributed by atoms with E-state index in [9.17, 15) is 10.1 Å². The van der Waals surface area contributed by atoms with E-state index in [1.54, 1.807) is 21.6 Å². The highest BCUT2D eigenvalue weighted by Gasteiger charge is 2.25. The van der Waals surface area contributed by atoms with Gasteiger partial charge in [0.1, 0.15) is 4.75 Å². The summed E-state index contributed by atoms with van der Waals surface area (Å²) in [6.07, 6.45) is 14.5. The third kappa shape index (κ3) is 15.5. The summed E-state index contributed by atoms with van der Waals surface area (Å²) in [5.74, 6) is 1.09. The highest BCUT2D eigenvalue weighted by molar-refractivity contribution is 8.77. The number of hydrogen-bond acceptors (Lipinski definition) is 4. The van der Waals surface area contributed by atoms with Crippen LogP contribution >= 0.6 is 34.2 Å². The van der Waals surface area contributed by atoms with Crippen LogP contribution in [0.15, 0.2) is 0 Å². The van der Waals surface area contributed by atoms with Gasteiger partial charge >= 0.3 is 0 Å². The lowest BCUT2D eigenvalue weighted by atomic mass is 10.1. The molecule has 0 aromatic carbocycles. The predicted octanol–water partition coefficient (Wildman–Crippen LogP) is 6.81. The van der Waals surface area contributed by atoms with Crippen LogP contribution in [0.3, 0.4) is 0 Å². The molecule has 0 aliphatic heterocycles. The van der Waals surface area contributed by atoms with Gasteiger partial charge in [-0.2, -0.15) is 5.26 Å². The summed E-state index contributed by atoms with van der Waals surface area (Å²) >= 11 is 3.77. The quantitative estimate of drug-likeness (QED) is 0.183. The Kier molecular flexibility index (Phi) is 15.9. The number of rotatable bonds is 16. The molecule has 0 heterocycles. The smallest absolute Gasteiger partial charge is 0.186 e. The van der Waals surface area contributed by atoms with E-state index in [0.717, 1.165) is 5.75 Å². The first kappa shape index (κ1) is 23.2. The summed E-state index contributed by atoms with van der Waals surface area (Å²) in [7, 11) is 3.39. The minimum Gasteiger partial charge on any atom is -0.288 e. The number of hydrogen-bond donors (Lipinski definition) is 1. The van der Waals surface area contributed by atoms with E-state index < -0.39 is 4.75 Å². The minimum atomic E-state index is -0.471. The number of thiol groups is 1. The Morgan fingerprint density at radius 2 is 1.57 bits per heavy atom. The highest BCUT2D eigenvalue weighted by Crippen LogP contribution is 2.39. The molecule has 1 atom stereocenters. The van der Waals surface area contributed by atoms with Crippen molar-refractivity contribution in [3.8, 4) is 6.07 Å². The van der Waals surface area contributed by atoms with E-state index in [2.05, 4.69) is 25.6 Å². The molecule has 0 fully saturated rings. The van der Waals surface area contributed by atoms with Crippen LogP contribution in [0.25, 0.3) is 0 Å². The van der Waals surface area contributed by atoms with Gasteiger partial charge in [-0.25, -0.2) is 0 Å². The summed E-state index contributed by atoms with van der Waals surface area (Å²) < 4.78 is -0.471. The molecule has 134 valence electrons. The second-order valence-corrected chi connectivity index (χ2v) is 9.74. The summed E-state index contributed by atoms with van der Waals surface area (Å²) in [4.78, 5) is 10.9. The molecule has 0 bridgehead atoms. The molecule has 0 aliphatic carbocycles. The van der Waals surface area contributed by atoms with Crippen molar-refractivity contribution in [3.63, 3.8) is 0 Å². The normalized spacial score (nSPS) is 13.5. The molecule has 0 saturated carbocycles. The summed E-state index contributed by atoms with van der Waals surface area (Å²) in [6, 6.07) is 2.33. The van der Waals surface area contributed by atoms with Gasteiger partial charge in [0, 0.05) is 12.2 Å². The zero-order chi connectivity index (χ0) is 17.4. The molecule has 0 aromatic heterocycles. The van der Waals surface area contributed by atoms with Crippen molar-refractivity contribution in [3.05, 3.63) is 0 Å². The van der Waals surface area contributed by atoms with Crippen molar-refractivity contribution in [2.45, 2.75) is 95.6 Å². The predicted molar refractivity (Wildman–Crippen MR) is 109 cm³/mol. The summed E-state index contributed by atoms with van der Waals surface area (Å²) in [6.45, 7) is 4.18. The maximum Gasteiger partial charge on any atom is 0.186 e. The fourth-order valence-corrected chi connectivity index (χ4v) is 5.03. The van der Waals surface area contributed by atoms with Crippen LogP contribution in [-0.4, -0.2) is 15.6 Å². The van der Waals surface area contributed by atoms with E-state index in [-0.39, 0.29) is 5.12 Å². The van der Waals surface area contributed by atoms with E-state index >= 15 is 0 Å². The third-order valence-electron chi connectivity index (χ3n) is 3.88. The number of nitrogens with zero attached hydrogens (tertiary/aromatic N) is 1. The number of carbonyl (C=O) groups excluding carboxylic acids is 1. The maximum absolute atomic E-state index is 10.9. The monoisotopic (exact) mass is 375 g/mol. The Hall–Kier alpha value is 0.210. The van der Waals surface area contributed by atoms with Gasteiger partial charge < -0.3 is 0 Å². The molecule has 0 radical (unpaired) electrons. The van der Waals surface area contributed by atoms with Crippen LogP contribution < -0.4 is 0 Å². The molecule has 5 heteroatoms. The lowest BCUT2D eigenvalue weighted by Crippen LogP contribution is -2.16. The van der Waals surface area contributed by atoms with E-state index in [1.807, 2.05) is 6.92 Å². The van der Waals surface area contributed by atoms with E-state index in [4.69, 9.17) is 0 Å². The Morgan fingerprint density at radius 3 is 2.04 bits per heavy atom. The van der Waals surface area contributed by atoms with Crippen LogP contribution in [0.5, 0.6) is 0 Å². The Morgan fingerprint density at radius 1 is 1.04 bits per heavy atom. The van der Waals surface area contributed by atoms with E-state index in [1.165, 1.54) is 64.2 Å². The molecule has 0 N–H and O–H groups in total. The van der Waals surface area contributed by atoms with Gasteiger partial charge in [0.25, 0.3) is 0 Å². The molecule has 0 saturated heterocycles. The average molecular weight is 376 g/mol. The molecule has 0 aliphatic rings. The maximum atomic E-state index is 10.9. The molecule has 0 rings (SSSR count). The lowest BCUT2D eigenvalue weighted by molar-refractivity contribution is -0.110. The molecular weight excluding hydrogens is 342 g/mol. The Labute approximate surface area is 156 Å². The van der Waals surface area contributed by atoms with Crippen molar-refractivity contribution < 1.29 is 4.79 Å². The topological polar surface area (TPSA) is 40.9 Å². The van der Waals surface area contributed by atoms with Gasteiger partial charge in [-0.1, -0.05) is 86.3 Å². The average Bonchev–Trinajstić information content (AvgIpc) is 2.54. The van der Waals surface area contributed by atoms with Crippen LogP contribution in [0, 0.1) is 11.3 Å². The molecule has 0 aromatic rings. The third-order valence-corrected chi connectivity index (χ3v) is 7.29. The van der Waals surface area contributed by atoms with E-state index in [0.29, 0.717) is 12.8 Å². The second kappa shape index (κ2) is 15.7. The zero-order valence-electron chi connectivity index (χ0n) is 14.8. The molecule has 1 unspecified atom stereocenters. The van der Waals surface area contributed by atoms with Crippen LogP contribution in [-0.2, 0) is 4.79 Å². The second-order valence-electron chi connectivity index (χ2n) is 6.32. The highest BCUT2D eigenvalue weighted by atomic mass is 33.1. The lowest BCUT2D eigenvalue weighted by Gasteiger charge is -2.19. The van der Waals surface area contributed by atoms with Gasteiger partial charge in [-0.3, -0.25) is 4.79 Å². The van der Waals surface area contributed by atoms with Crippen LogP contribution in [0.2, 0.25) is 0 Å². The number of carbonyl (C=O) groups is 1. The van der Waals surface area contributed by atoms with Crippen molar-refractivity contribution in [1.82, 2.24) is 0 Å². The zero-order valence-corrected chi connectivity index (χ0v) is 17.3. The Balaban J connectivity index is 3.44. The van der Waals surface area contributed by atoms with Crippen molar-refractivity contribution >= 4 is 39.3 Å². The summed E-state index contributed by atoms with van der Waals surface area (Å²) in [5.41, 5.74) is 0.